The van der Waals surface area contributed by atoms with Crippen LogP contribution in [0.3, 0.4) is 0 Å². The van der Waals surface area contributed by atoms with Crippen molar-refractivity contribution in [2.24, 2.45) is 7.05 Å². The maximum Gasteiger partial charge on any atom is 0.274 e. The first kappa shape index (κ1) is 12.4. The summed E-state index contributed by atoms with van der Waals surface area (Å²) >= 11 is 5.78. The number of hydrogen-bond acceptors (Lipinski definition) is 2. The van der Waals surface area contributed by atoms with Crippen LogP contribution in [-0.4, -0.2) is 15.7 Å². The van der Waals surface area contributed by atoms with Crippen molar-refractivity contribution in [2.75, 3.05) is 5.32 Å². The Kier molecular flexibility index (Phi) is 3.48. The Morgan fingerprint density at radius 2 is 2.11 bits per heavy atom. The van der Waals surface area contributed by atoms with Crippen LogP contribution in [-0.2, 0) is 7.05 Å². The molecule has 1 heterocycles. The molecule has 1 amide bonds. The molecule has 0 spiro atoms. The second-order valence-electron chi connectivity index (χ2n) is 3.74. The van der Waals surface area contributed by atoms with Gasteiger partial charge in [0.25, 0.3) is 5.91 Å². The molecule has 2 aromatic rings. The summed E-state index contributed by atoms with van der Waals surface area (Å²) in [5.74, 6) is -0.229. The summed E-state index contributed by atoms with van der Waals surface area (Å²) in [4.78, 5) is 12.1. The van der Waals surface area contributed by atoms with Crippen LogP contribution in [0, 0.1) is 0 Å². The number of nitrogens with zero attached hydrogens (tertiary/aromatic N) is 2. The third-order valence-electron chi connectivity index (χ3n) is 2.50. The SMILES string of the molecule is C=Cc1cnn(C)c1C(=O)Nc1ccc(Cl)cc1. The largest absolute Gasteiger partial charge is 0.321 e. The van der Waals surface area contributed by atoms with Crippen molar-refractivity contribution in [1.29, 1.82) is 0 Å². The summed E-state index contributed by atoms with van der Waals surface area (Å²) in [5, 5.41) is 7.43. The van der Waals surface area contributed by atoms with Gasteiger partial charge in [-0.1, -0.05) is 24.3 Å². The van der Waals surface area contributed by atoms with Crippen molar-refractivity contribution < 1.29 is 4.79 Å². The Labute approximate surface area is 110 Å². The molecule has 0 saturated carbocycles. The van der Waals surface area contributed by atoms with Gasteiger partial charge in [0.05, 0.1) is 6.20 Å². The van der Waals surface area contributed by atoms with Gasteiger partial charge in [-0.05, 0) is 24.3 Å². The maximum atomic E-state index is 12.1. The monoisotopic (exact) mass is 261 g/mol. The van der Waals surface area contributed by atoms with E-state index in [-0.39, 0.29) is 5.91 Å². The fourth-order valence-electron chi connectivity index (χ4n) is 1.61. The lowest BCUT2D eigenvalue weighted by Crippen LogP contribution is -2.17. The van der Waals surface area contributed by atoms with E-state index in [2.05, 4.69) is 17.0 Å². The number of aromatic nitrogens is 2. The fraction of sp³-hybridized carbons (Fsp3) is 0.0769. The van der Waals surface area contributed by atoms with Crippen molar-refractivity contribution in [3.8, 4) is 0 Å². The van der Waals surface area contributed by atoms with Gasteiger partial charge in [0, 0.05) is 23.3 Å². The predicted octanol–water partition coefficient (Wildman–Crippen LogP) is 2.97. The Balaban J connectivity index is 2.24. The second-order valence-corrected chi connectivity index (χ2v) is 4.17. The van der Waals surface area contributed by atoms with Crippen LogP contribution in [0.15, 0.2) is 37.0 Å². The van der Waals surface area contributed by atoms with Crippen molar-refractivity contribution in [2.45, 2.75) is 0 Å². The van der Waals surface area contributed by atoms with Gasteiger partial charge in [-0.15, -0.1) is 0 Å². The summed E-state index contributed by atoms with van der Waals surface area (Å²) in [6, 6.07) is 6.91. The number of anilines is 1. The van der Waals surface area contributed by atoms with Crippen LogP contribution in [0.2, 0.25) is 5.02 Å². The molecule has 5 heteroatoms. The van der Waals surface area contributed by atoms with Gasteiger partial charge in [0.2, 0.25) is 0 Å². The number of halogens is 1. The van der Waals surface area contributed by atoms with Crippen molar-refractivity contribution in [3.63, 3.8) is 0 Å². The highest BCUT2D eigenvalue weighted by Crippen LogP contribution is 2.16. The minimum Gasteiger partial charge on any atom is -0.321 e. The molecule has 0 aliphatic carbocycles. The molecule has 0 bridgehead atoms. The quantitative estimate of drug-likeness (QED) is 0.923. The first-order valence-corrected chi connectivity index (χ1v) is 5.71. The highest BCUT2D eigenvalue weighted by molar-refractivity contribution is 6.30. The smallest absolute Gasteiger partial charge is 0.274 e. The topological polar surface area (TPSA) is 46.9 Å². The molecule has 1 N–H and O–H groups in total. The summed E-state index contributed by atoms with van der Waals surface area (Å²) in [6.07, 6.45) is 3.20. The molecule has 0 aliphatic rings. The third-order valence-corrected chi connectivity index (χ3v) is 2.76. The van der Waals surface area contributed by atoms with E-state index in [1.807, 2.05) is 0 Å². The molecule has 0 saturated heterocycles. The highest BCUT2D eigenvalue weighted by Gasteiger charge is 2.14. The number of rotatable bonds is 3. The summed E-state index contributed by atoms with van der Waals surface area (Å²) < 4.78 is 1.52. The van der Waals surface area contributed by atoms with Crippen molar-refractivity contribution in [3.05, 3.63) is 53.3 Å². The minimum atomic E-state index is -0.229. The van der Waals surface area contributed by atoms with Crippen molar-refractivity contribution in [1.82, 2.24) is 9.78 Å². The van der Waals surface area contributed by atoms with E-state index >= 15 is 0 Å². The van der Waals surface area contributed by atoms with Crippen LogP contribution in [0.1, 0.15) is 16.1 Å². The second kappa shape index (κ2) is 5.06. The molecule has 0 radical (unpaired) electrons. The van der Waals surface area contributed by atoms with Crippen LogP contribution in [0.4, 0.5) is 5.69 Å². The lowest BCUT2D eigenvalue weighted by atomic mass is 10.2. The molecule has 0 aliphatic heterocycles. The average Bonchev–Trinajstić information content (AvgIpc) is 2.73. The van der Waals surface area contributed by atoms with Gasteiger partial charge in [0.15, 0.2) is 0 Å². The van der Waals surface area contributed by atoms with Gasteiger partial charge in [-0.3, -0.25) is 9.48 Å². The molecule has 0 fully saturated rings. The van der Waals surface area contributed by atoms with E-state index in [1.165, 1.54) is 4.68 Å². The van der Waals surface area contributed by atoms with E-state index in [1.54, 1.807) is 43.6 Å². The predicted molar refractivity (Wildman–Crippen MR) is 72.7 cm³/mol. The summed E-state index contributed by atoms with van der Waals surface area (Å²) in [7, 11) is 1.71. The third kappa shape index (κ3) is 2.43. The molecule has 0 unspecified atom stereocenters. The molecule has 0 atom stereocenters. The van der Waals surface area contributed by atoms with Crippen LogP contribution in [0.25, 0.3) is 6.08 Å². The Morgan fingerprint density at radius 3 is 2.72 bits per heavy atom. The number of carbonyl (C=O) groups is 1. The number of benzene rings is 1. The summed E-state index contributed by atoms with van der Waals surface area (Å²) in [5.41, 5.74) is 1.85. The number of nitrogens with one attached hydrogen (secondary N) is 1. The average molecular weight is 262 g/mol. The molecule has 2 rings (SSSR count). The van der Waals surface area contributed by atoms with Gasteiger partial charge >= 0.3 is 0 Å². The van der Waals surface area contributed by atoms with E-state index < -0.39 is 0 Å². The first-order chi connectivity index (χ1) is 8.61. The maximum absolute atomic E-state index is 12.1. The zero-order valence-electron chi connectivity index (χ0n) is 9.85. The van der Waals surface area contributed by atoms with Crippen LogP contribution >= 0.6 is 11.6 Å². The molecular formula is C13H12ClN3O. The van der Waals surface area contributed by atoms with Crippen LogP contribution < -0.4 is 5.32 Å². The molecular weight excluding hydrogens is 250 g/mol. The van der Waals surface area contributed by atoms with Crippen LogP contribution in [0.5, 0.6) is 0 Å². The summed E-state index contributed by atoms with van der Waals surface area (Å²) in [6.45, 7) is 3.66. The van der Waals surface area contributed by atoms with Crippen molar-refractivity contribution >= 4 is 29.3 Å². The van der Waals surface area contributed by atoms with E-state index in [0.717, 1.165) is 0 Å². The van der Waals surface area contributed by atoms with E-state index in [4.69, 9.17) is 11.6 Å². The standard InChI is InChI=1S/C13H12ClN3O/c1-3-9-8-15-17(2)12(9)13(18)16-11-6-4-10(14)5-7-11/h3-8H,1H2,2H3,(H,16,18). The van der Waals surface area contributed by atoms with Gasteiger partial charge < -0.3 is 5.32 Å². The molecule has 92 valence electrons. The lowest BCUT2D eigenvalue weighted by molar-refractivity contribution is 0.101. The Morgan fingerprint density at radius 1 is 1.44 bits per heavy atom. The van der Waals surface area contributed by atoms with E-state index in [0.29, 0.717) is 22.0 Å². The minimum absolute atomic E-state index is 0.229. The number of aryl methyl sites for hydroxylation is 1. The number of carbonyl (C=O) groups excluding carboxylic acids is 1. The van der Waals surface area contributed by atoms with E-state index in [9.17, 15) is 4.79 Å². The normalized spacial score (nSPS) is 10.1. The zero-order valence-corrected chi connectivity index (χ0v) is 10.6. The number of hydrogen-bond donors (Lipinski definition) is 1. The first-order valence-electron chi connectivity index (χ1n) is 5.33. The van der Waals surface area contributed by atoms with Gasteiger partial charge in [-0.2, -0.15) is 5.10 Å². The Hall–Kier alpha value is -2.07. The zero-order chi connectivity index (χ0) is 13.1. The molecule has 4 nitrogen and oxygen atoms in total. The lowest BCUT2D eigenvalue weighted by Gasteiger charge is -2.06. The molecule has 18 heavy (non-hydrogen) atoms. The number of amides is 1. The highest BCUT2D eigenvalue weighted by atomic mass is 35.5. The molecule has 1 aromatic heterocycles. The molecule has 1 aromatic carbocycles. The van der Waals surface area contributed by atoms with Gasteiger partial charge in [-0.25, -0.2) is 0 Å². The Bertz CT molecular complexity index is 587. The van der Waals surface area contributed by atoms with Gasteiger partial charge in [0.1, 0.15) is 5.69 Å². The fourth-order valence-corrected chi connectivity index (χ4v) is 1.73.